The molecule has 0 aliphatic carbocycles. The molecule has 1 heterocycles. The van der Waals surface area contributed by atoms with Crippen molar-refractivity contribution < 1.29 is 4.79 Å². The smallest absolute Gasteiger partial charge is 0.274 e. The van der Waals surface area contributed by atoms with Gasteiger partial charge in [0.25, 0.3) is 5.91 Å². The number of carbonyl (C=O) groups excluding carboxylic acids is 1. The van der Waals surface area contributed by atoms with E-state index in [-0.39, 0.29) is 11.5 Å². The van der Waals surface area contributed by atoms with E-state index in [1.54, 1.807) is 30.3 Å². The Balaban J connectivity index is 2.32. The molecule has 0 spiro atoms. The number of pyridine rings is 1. The third-order valence-electron chi connectivity index (χ3n) is 2.53. The number of amides is 1. The lowest BCUT2D eigenvalue weighted by atomic mass is 10.2. The average molecular weight is 296 g/mol. The van der Waals surface area contributed by atoms with Gasteiger partial charge >= 0.3 is 0 Å². The summed E-state index contributed by atoms with van der Waals surface area (Å²) in [6.07, 6.45) is 0. The number of aromatic nitrogens is 1. The van der Waals surface area contributed by atoms with Crippen LogP contribution >= 0.6 is 23.2 Å². The van der Waals surface area contributed by atoms with Crippen molar-refractivity contribution in [2.24, 2.45) is 0 Å². The molecule has 4 nitrogen and oxygen atoms in total. The van der Waals surface area contributed by atoms with E-state index in [9.17, 15) is 4.79 Å². The highest BCUT2D eigenvalue weighted by atomic mass is 35.5. The third kappa shape index (κ3) is 2.97. The topological polar surface area (TPSA) is 68.0 Å². The summed E-state index contributed by atoms with van der Waals surface area (Å²) < 4.78 is 0. The molecule has 0 aliphatic rings. The van der Waals surface area contributed by atoms with Crippen molar-refractivity contribution in [3.63, 3.8) is 0 Å². The molecule has 6 heteroatoms. The number of halogens is 2. The van der Waals surface area contributed by atoms with Crippen LogP contribution in [0.25, 0.3) is 0 Å². The molecule has 19 heavy (non-hydrogen) atoms. The fourth-order valence-electron chi connectivity index (χ4n) is 1.53. The zero-order valence-corrected chi connectivity index (χ0v) is 11.6. The summed E-state index contributed by atoms with van der Waals surface area (Å²) in [6, 6.07) is 8.26. The number of nitrogens with zero attached hydrogens (tertiary/aromatic N) is 1. The molecule has 0 saturated heterocycles. The van der Waals surface area contributed by atoms with Crippen LogP contribution < -0.4 is 11.1 Å². The summed E-state index contributed by atoms with van der Waals surface area (Å²) in [4.78, 5) is 16.0. The van der Waals surface area contributed by atoms with Gasteiger partial charge < -0.3 is 11.1 Å². The summed E-state index contributed by atoms with van der Waals surface area (Å²) in [5, 5.41) is 3.42. The largest absolute Gasteiger partial charge is 0.384 e. The molecule has 0 bridgehead atoms. The minimum absolute atomic E-state index is 0.202. The minimum atomic E-state index is -0.415. The highest BCUT2D eigenvalue weighted by Gasteiger charge is 2.14. The lowest BCUT2D eigenvalue weighted by Gasteiger charge is -2.10. The quantitative estimate of drug-likeness (QED) is 0.890. The maximum absolute atomic E-state index is 12.0. The first-order valence-corrected chi connectivity index (χ1v) is 6.23. The average Bonchev–Trinajstić information content (AvgIpc) is 2.39. The van der Waals surface area contributed by atoms with Gasteiger partial charge in [0.15, 0.2) is 0 Å². The number of hydrogen-bond donors (Lipinski definition) is 2. The number of anilines is 2. The van der Waals surface area contributed by atoms with Crippen molar-refractivity contribution in [2.45, 2.75) is 6.92 Å². The van der Waals surface area contributed by atoms with Crippen LogP contribution in [0.15, 0.2) is 30.3 Å². The maximum atomic E-state index is 12.0. The van der Waals surface area contributed by atoms with Crippen LogP contribution in [0.4, 0.5) is 11.5 Å². The number of aryl methyl sites for hydroxylation is 1. The first-order valence-electron chi connectivity index (χ1n) is 5.47. The SMILES string of the molecule is Cc1ccc(Cl)c(NC(=O)c2cccc(N)n2)c1Cl. The monoisotopic (exact) mass is 295 g/mol. The van der Waals surface area contributed by atoms with Crippen LogP contribution in [0, 0.1) is 6.92 Å². The second-order valence-corrected chi connectivity index (χ2v) is 4.74. The highest BCUT2D eigenvalue weighted by molar-refractivity contribution is 6.40. The Hall–Kier alpha value is -1.78. The van der Waals surface area contributed by atoms with Crippen LogP contribution in [-0.2, 0) is 0 Å². The molecule has 0 fully saturated rings. The molecule has 0 radical (unpaired) electrons. The zero-order valence-electron chi connectivity index (χ0n) is 10.1. The molecule has 1 aromatic carbocycles. The minimum Gasteiger partial charge on any atom is -0.384 e. The summed E-state index contributed by atoms with van der Waals surface area (Å²) in [6.45, 7) is 1.83. The number of benzene rings is 1. The summed E-state index contributed by atoms with van der Waals surface area (Å²) in [7, 11) is 0. The predicted octanol–water partition coefficient (Wildman–Crippen LogP) is 3.53. The molecular formula is C13H11Cl2N3O. The van der Waals surface area contributed by atoms with E-state index in [0.29, 0.717) is 15.7 Å². The molecule has 3 N–H and O–H groups in total. The van der Waals surface area contributed by atoms with Gasteiger partial charge in [-0.25, -0.2) is 4.98 Å². The molecule has 2 aromatic rings. The van der Waals surface area contributed by atoms with Crippen molar-refractivity contribution in [1.29, 1.82) is 0 Å². The van der Waals surface area contributed by atoms with Crippen LogP contribution in [0.2, 0.25) is 10.0 Å². The lowest BCUT2D eigenvalue weighted by Crippen LogP contribution is -2.15. The number of carbonyl (C=O) groups is 1. The standard InChI is InChI=1S/C13H11Cl2N3O/c1-7-5-6-8(14)12(11(7)15)18-13(19)9-3-2-4-10(16)17-9/h2-6H,1H3,(H2,16,17)(H,18,19). The zero-order chi connectivity index (χ0) is 14.0. The van der Waals surface area contributed by atoms with Crippen LogP contribution in [0.1, 0.15) is 16.1 Å². The Kier molecular flexibility index (Phi) is 3.93. The van der Waals surface area contributed by atoms with Crippen molar-refractivity contribution in [3.8, 4) is 0 Å². The summed E-state index contributed by atoms with van der Waals surface area (Å²) in [5.41, 5.74) is 6.93. The van der Waals surface area contributed by atoms with Crippen LogP contribution in [-0.4, -0.2) is 10.9 Å². The summed E-state index contributed by atoms with van der Waals surface area (Å²) in [5.74, 6) is -0.143. The molecule has 0 saturated carbocycles. The van der Waals surface area contributed by atoms with Crippen LogP contribution in [0.5, 0.6) is 0 Å². The Morgan fingerprint density at radius 2 is 2.00 bits per heavy atom. The van der Waals surface area contributed by atoms with E-state index in [4.69, 9.17) is 28.9 Å². The Bertz CT molecular complexity index is 644. The van der Waals surface area contributed by atoms with Crippen LogP contribution in [0.3, 0.4) is 0 Å². The second-order valence-electron chi connectivity index (χ2n) is 3.96. The van der Waals surface area contributed by atoms with Gasteiger partial charge in [0, 0.05) is 0 Å². The molecule has 98 valence electrons. The van der Waals surface area contributed by atoms with E-state index in [1.807, 2.05) is 6.92 Å². The van der Waals surface area contributed by atoms with Gasteiger partial charge in [-0.1, -0.05) is 35.3 Å². The van der Waals surface area contributed by atoms with Crippen molar-refractivity contribution >= 4 is 40.6 Å². The number of nitrogen functional groups attached to an aromatic ring is 1. The molecule has 1 aromatic heterocycles. The molecule has 2 rings (SSSR count). The summed E-state index contributed by atoms with van der Waals surface area (Å²) >= 11 is 12.1. The number of rotatable bonds is 2. The van der Waals surface area contributed by atoms with Gasteiger partial charge in [-0.3, -0.25) is 4.79 Å². The number of nitrogens with one attached hydrogen (secondary N) is 1. The molecule has 0 aliphatic heterocycles. The van der Waals surface area contributed by atoms with Crippen molar-refractivity contribution in [3.05, 3.63) is 51.6 Å². The van der Waals surface area contributed by atoms with E-state index < -0.39 is 5.91 Å². The van der Waals surface area contributed by atoms with Gasteiger partial charge in [0.2, 0.25) is 0 Å². The molecule has 0 atom stereocenters. The van der Waals surface area contributed by atoms with Gasteiger partial charge in [-0.05, 0) is 30.7 Å². The third-order valence-corrected chi connectivity index (χ3v) is 3.33. The highest BCUT2D eigenvalue weighted by Crippen LogP contribution is 2.33. The van der Waals surface area contributed by atoms with E-state index in [1.165, 1.54) is 0 Å². The first-order chi connectivity index (χ1) is 8.99. The molecule has 0 unspecified atom stereocenters. The van der Waals surface area contributed by atoms with Crippen molar-refractivity contribution in [1.82, 2.24) is 4.98 Å². The number of hydrogen-bond acceptors (Lipinski definition) is 3. The van der Waals surface area contributed by atoms with E-state index >= 15 is 0 Å². The molecular weight excluding hydrogens is 285 g/mol. The fourth-order valence-corrected chi connectivity index (χ4v) is 1.99. The van der Waals surface area contributed by atoms with E-state index in [0.717, 1.165) is 5.56 Å². The van der Waals surface area contributed by atoms with Gasteiger partial charge in [-0.15, -0.1) is 0 Å². The van der Waals surface area contributed by atoms with Gasteiger partial charge in [0.1, 0.15) is 11.5 Å². The number of nitrogens with two attached hydrogens (primary N) is 1. The first kappa shape index (κ1) is 13.6. The fraction of sp³-hybridized carbons (Fsp3) is 0.0769. The maximum Gasteiger partial charge on any atom is 0.274 e. The van der Waals surface area contributed by atoms with E-state index in [2.05, 4.69) is 10.3 Å². The predicted molar refractivity (Wildman–Crippen MR) is 77.8 cm³/mol. The Morgan fingerprint density at radius 3 is 2.68 bits per heavy atom. The van der Waals surface area contributed by atoms with Gasteiger partial charge in [-0.2, -0.15) is 0 Å². The van der Waals surface area contributed by atoms with Crippen molar-refractivity contribution in [2.75, 3.05) is 11.1 Å². The normalized spacial score (nSPS) is 10.3. The van der Waals surface area contributed by atoms with Gasteiger partial charge in [0.05, 0.1) is 15.7 Å². The second kappa shape index (κ2) is 5.47. The Morgan fingerprint density at radius 1 is 1.26 bits per heavy atom. The Labute approximate surface area is 120 Å². The molecule has 1 amide bonds. The lowest BCUT2D eigenvalue weighted by molar-refractivity contribution is 0.102.